The molecular formula is C26H30N2O4. The molecule has 0 fully saturated rings. The van der Waals surface area contributed by atoms with Gasteiger partial charge in [0.2, 0.25) is 5.43 Å². The van der Waals surface area contributed by atoms with Crippen molar-refractivity contribution in [3.05, 3.63) is 77.1 Å². The Morgan fingerprint density at radius 2 is 1.72 bits per heavy atom. The number of anilines is 1. The molecule has 0 aliphatic rings. The van der Waals surface area contributed by atoms with Crippen molar-refractivity contribution in [1.82, 2.24) is 4.57 Å². The zero-order valence-electron chi connectivity index (χ0n) is 19.1. The minimum atomic E-state index is -0.661. The van der Waals surface area contributed by atoms with Crippen molar-refractivity contribution in [1.29, 1.82) is 0 Å². The summed E-state index contributed by atoms with van der Waals surface area (Å²) in [4.78, 5) is 25.1. The molecule has 0 radical (unpaired) electrons. The Morgan fingerprint density at radius 1 is 1.00 bits per heavy atom. The van der Waals surface area contributed by atoms with Crippen molar-refractivity contribution in [2.45, 2.75) is 46.1 Å². The van der Waals surface area contributed by atoms with Gasteiger partial charge in [-0.2, -0.15) is 0 Å². The fraction of sp³-hybridized carbons (Fsp3) is 0.308. The lowest BCUT2D eigenvalue weighted by Gasteiger charge is -2.21. The Morgan fingerprint density at radius 3 is 2.41 bits per heavy atom. The third kappa shape index (κ3) is 6.23. The molecule has 32 heavy (non-hydrogen) atoms. The summed E-state index contributed by atoms with van der Waals surface area (Å²) >= 11 is 0. The average Bonchev–Trinajstić information content (AvgIpc) is 2.75. The highest BCUT2D eigenvalue weighted by Crippen LogP contribution is 2.25. The fourth-order valence-corrected chi connectivity index (χ4v) is 3.13. The summed E-state index contributed by atoms with van der Waals surface area (Å²) in [6.45, 7) is 7.87. The lowest BCUT2D eigenvalue weighted by Crippen LogP contribution is -2.28. The van der Waals surface area contributed by atoms with Gasteiger partial charge in [0.15, 0.2) is 5.75 Å². The molecule has 3 rings (SSSR count). The molecule has 6 nitrogen and oxygen atoms in total. The number of hydrogen-bond donors (Lipinski definition) is 1. The van der Waals surface area contributed by atoms with Crippen LogP contribution in [0.25, 0.3) is 16.8 Å². The van der Waals surface area contributed by atoms with Crippen LogP contribution in [-0.4, -0.2) is 22.9 Å². The molecule has 1 amide bonds. The van der Waals surface area contributed by atoms with Crippen molar-refractivity contribution >= 4 is 11.9 Å². The van der Waals surface area contributed by atoms with Crippen LogP contribution in [0.15, 0.2) is 71.7 Å². The van der Waals surface area contributed by atoms with Gasteiger partial charge < -0.3 is 9.47 Å². The smallest absolute Gasteiger partial charge is 0.413 e. The van der Waals surface area contributed by atoms with E-state index in [1.54, 1.807) is 31.5 Å². The number of nitrogens with one attached hydrogen (secondary N) is 1. The quantitative estimate of drug-likeness (QED) is 0.461. The normalized spacial score (nSPS) is 11.1. The average molecular weight is 435 g/mol. The number of hydrogen-bond acceptors (Lipinski definition) is 4. The van der Waals surface area contributed by atoms with Gasteiger partial charge in [-0.3, -0.25) is 14.7 Å². The van der Waals surface area contributed by atoms with E-state index in [-0.39, 0.29) is 11.2 Å². The standard InChI is InChI=1S/C26H30N2O4/c1-5-6-15-31-23-18-28(24(17-22(23)29)27-25(30)32-26(2,3)4)21-14-10-13-20(16-21)19-11-8-7-9-12-19/h7-14,16-18H,5-6,15H2,1-4H3,(H,27,30). The number of aromatic nitrogens is 1. The van der Waals surface area contributed by atoms with Gasteiger partial charge in [0.05, 0.1) is 12.8 Å². The fourth-order valence-electron chi connectivity index (χ4n) is 3.13. The van der Waals surface area contributed by atoms with Crippen LogP contribution in [0.2, 0.25) is 0 Å². The molecule has 0 aliphatic heterocycles. The van der Waals surface area contributed by atoms with E-state index < -0.39 is 11.7 Å². The van der Waals surface area contributed by atoms with Gasteiger partial charge in [0.1, 0.15) is 11.4 Å². The van der Waals surface area contributed by atoms with Gasteiger partial charge in [-0.05, 0) is 50.5 Å². The van der Waals surface area contributed by atoms with E-state index in [4.69, 9.17) is 9.47 Å². The molecule has 6 heteroatoms. The molecule has 0 saturated heterocycles. The molecule has 0 unspecified atom stereocenters. The summed E-state index contributed by atoms with van der Waals surface area (Å²) in [6, 6.07) is 19.2. The molecular weight excluding hydrogens is 404 g/mol. The van der Waals surface area contributed by atoms with Crippen LogP contribution in [0, 0.1) is 0 Å². The SMILES string of the molecule is CCCCOc1cn(-c2cccc(-c3ccccc3)c2)c(NC(=O)OC(C)(C)C)cc1=O. The first-order valence-electron chi connectivity index (χ1n) is 10.8. The summed E-state index contributed by atoms with van der Waals surface area (Å²) < 4.78 is 12.8. The van der Waals surface area contributed by atoms with E-state index in [1.807, 2.05) is 54.6 Å². The molecule has 3 aromatic rings. The lowest BCUT2D eigenvalue weighted by molar-refractivity contribution is 0.0635. The molecule has 0 saturated carbocycles. The highest BCUT2D eigenvalue weighted by Gasteiger charge is 2.19. The maximum Gasteiger partial charge on any atom is 0.413 e. The van der Waals surface area contributed by atoms with Crippen LogP contribution in [-0.2, 0) is 4.74 Å². The Labute approximate surface area is 188 Å². The van der Waals surface area contributed by atoms with Gasteiger partial charge in [0.25, 0.3) is 0 Å². The molecule has 0 aliphatic carbocycles. The van der Waals surface area contributed by atoms with Crippen LogP contribution >= 0.6 is 0 Å². The van der Waals surface area contributed by atoms with Gasteiger partial charge >= 0.3 is 6.09 Å². The molecule has 1 aromatic heterocycles. The number of nitrogens with zero attached hydrogens (tertiary/aromatic N) is 1. The Kier molecular flexibility index (Phi) is 7.36. The van der Waals surface area contributed by atoms with E-state index >= 15 is 0 Å². The number of benzene rings is 2. The second kappa shape index (κ2) is 10.2. The first kappa shape index (κ1) is 23.1. The molecule has 0 spiro atoms. The van der Waals surface area contributed by atoms with Crippen LogP contribution in [0.3, 0.4) is 0 Å². The third-order valence-corrected chi connectivity index (χ3v) is 4.63. The predicted molar refractivity (Wildman–Crippen MR) is 128 cm³/mol. The summed E-state index contributed by atoms with van der Waals surface area (Å²) in [5.74, 6) is 0.538. The second-order valence-corrected chi connectivity index (χ2v) is 8.50. The number of amides is 1. The van der Waals surface area contributed by atoms with Crippen LogP contribution in [0.5, 0.6) is 5.75 Å². The minimum absolute atomic E-state index is 0.235. The number of pyridine rings is 1. The van der Waals surface area contributed by atoms with Crippen molar-refractivity contribution in [2.24, 2.45) is 0 Å². The van der Waals surface area contributed by atoms with E-state index in [0.717, 1.165) is 29.7 Å². The monoisotopic (exact) mass is 434 g/mol. The van der Waals surface area contributed by atoms with Gasteiger partial charge in [-0.25, -0.2) is 4.79 Å². The largest absolute Gasteiger partial charge is 0.488 e. The van der Waals surface area contributed by atoms with E-state index in [0.29, 0.717) is 12.4 Å². The lowest BCUT2D eigenvalue weighted by atomic mass is 10.1. The summed E-state index contributed by atoms with van der Waals surface area (Å²) in [7, 11) is 0. The molecule has 0 atom stereocenters. The third-order valence-electron chi connectivity index (χ3n) is 4.63. The first-order valence-corrected chi connectivity index (χ1v) is 10.8. The van der Waals surface area contributed by atoms with Gasteiger partial charge in [-0.15, -0.1) is 0 Å². The zero-order valence-corrected chi connectivity index (χ0v) is 19.1. The molecule has 2 aromatic carbocycles. The maximum atomic E-state index is 12.6. The number of rotatable bonds is 7. The number of carbonyl (C=O) groups excluding carboxylic acids is 1. The summed E-state index contributed by atoms with van der Waals surface area (Å²) in [5.41, 5.74) is 1.89. The van der Waals surface area contributed by atoms with Crippen LogP contribution in [0.1, 0.15) is 40.5 Å². The van der Waals surface area contributed by atoms with E-state index in [2.05, 4.69) is 12.2 Å². The van der Waals surface area contributed by atoms with Crippen molar-refractivity contribution in [3.8, 4) is 22.6 Å². The Bertz CT molecular complexity index is 1110. The van der Waals surface area contributed by atoms with Crippen LogP contribution < -0.4 is 15.5 Å². The molecule has 0 bridgehead atoms. The number of carbonyl (C=O) groups is 1. The molecule has 1 heterocycles. The second-order valence-electron chi connectivity index (χ2n) is 8.50. The summed E-state index contributed by atoms with van der Waals surface area (Å²) in [5, 5.41) is 2.71. The van der Waals surface area contributed by atoms with E-state index in [1.165, 1.54) is 6.07 Å². The molecule has 168 valence electrons. The Hall–Kier alpha value is -3.54. The van der Waals surface area contributed by atoms with E-state index in [9.17, 15) is 9.59 Å². The predicted octanol–water partition coefficient (Wildman–Crippen LogP) is 6.03. The highest BCUT2D eigenvalue weighted by atomic mass is 16.6. The molecule has 1 N–H and O–H groups in total. The summed E-state index contributed by atoms with van der Waals surface area (Å²) in [6.07, 6.45) is 2.80. The van der Waals surface area contributed by atoms with Gasteiger partial charge in [0, 0.05) is 11.8 Å². The number of ether oxygens (including phenoxy) is 2. The minimum Gasteiger partial charge on any atom is -0.488 e. The zero-order chi connectivity index (χ0) is 23.1. The van der Waals surface area contributed by atoms with Crippen LogP contribution in [0.4, 0.5) is 10.6 Å². The maximum absolute atomic E-state index is 12.6. The first-order chi connectivity index (χ1) is 15.3. The topological polar surface area (TPSA) is 69.6 Å². The highest BCUT2D eigenvalue weighted by molar-refractivity contribution is 5.84. The Balaban J connectivity index is 2.04. The number of unbranched alkanes of at least 4 members (excludes halogenated alkanes) is 1. The van der Waals surface area contributed by atoms with Crippen molar-refractivity contribution < 1.29 is 14.3 Å². The van der Waals surface area contributed by atoms with Crippen molar-refractivity contribution in [3.63, 3.8) is 0 Å². The van der Waals surface area contributed by atoms with Crippen molar-refractivity contribution in [2.75, 3.05) is 11.9 Å². The van der Waals surface area contributed by atoms with Gasteiger partial charge in [-0.1, -0.05) is 55.8 Å².